The highest BCUT2D eigenvalue weighted by atomic mass is 32.2. The van der Waals surface area contributed by atoms with Crippen molar-refractivity contribution in [2.45, 2.75) is 56.9 Å². The van der Waals surface area contributed by atoms with E-state index in [1.54, 1.807) is 23.5 Å². The van der Waals surface area contributed by atoms with Gasteiger partial charge in [0.05, 0.1) is 11.4 Å². The summed E-state index contributed by atoms with van der Waals surface area (Å²) in [7, 11) is 0. The number of nitrogens with zero attached hydrogens (tertiary/aromatic N) is 3. The van der Waals surface area contributed by atoms with E-state index in [4.69, 9.17) is 4.99 Å². The summed E-state index contributed by atoms with van der Waals surface area (Å²) in [6.07, 6.45) is 5.76. The van der Waals surface area contributed by atoms with Crippen molar-refractivity contribution < 1.29 is 4.79 Å². The van der Waals surface area contributed by atoms with Crippen molar-refractivity contribution in [3.63, 3.8) is 0 Å². The molecule has 2 fully saturated rings. The normalized spacial score (nSPS) is 23.2. The van der Waals surface area contributed by atoms with Crippen LogP contribution < -0.4 is 4.90 Å². The molecule has 1 amide bonds. The van der Waals surface area contributed by atoms with Gasteiger partial charge in [-0.25, -0.2) is 4.99 Å². The van der Waals surface area contributed by atoms with Gasteiger partial charge in [0, 0.05) is 17.5 Å². The lowest BCUT2D eigenvalue weighted by atomic mass is 9.94. The first-order chi connectivity index (χ1) is 15.2. The molecular formula is C25H27N3OS2. The van der Waals surface area contributed by atoms with Crippen LogP contribution in [0.1, 0.15) is 44.6 Å². The van der Waals surface area contributed by atoms with Gasteiger partial charge in [0.2, 0.25) is 0 Å². The van der Waals surface area contributed by atoms with Gasteiger partial charge in [-0.15, -0.1) is 0 Å². The minimum Gasteiger partial charge on any atom is -0.334 e. The summed E-state index contributed by atoms with van der Waals surface area (Å²) < 4.78 is 0. The SMILES string of the molecule is CCN1/C(=C2/SC(=Nc3cccc(C)c3)N(C3CCCCC3)C2=O)Sc2ccccc21. The maximum Gasteiger partial charge on any atom is 0.269 e. The number of fused-ring (bicyclic) bond motifs is 1. The molecule has 0 radical (unpaired) electrons. The Kier molecular flexibility index (Phi) is 5.85. The molecule has 2 aromatic carbocycles. The quantitative estimate of drug-likeness (QED) is 0.489. The van der Waals surface area contributed by atoms with Gasteiger partial charge < -0.3 is 4.90 Å². The molecule has 6 heteroatoms. The molecule has 0 N–H and O–H groups in total. The van der Waals surface area contributed by atoms with Crippen LogP contribution in [0.15, 0.2) is 68.4 Å². The van der Waals surface area contributed by atoms with Crippen LogP contribution in [0.3, 0.4) is 0 Å². The summed E-state index contributed by atoms with van der Waals surface area (Å²) in [6, 6.07) is 16.9. The number of benzene rings is 2. The number of anilines is 1. The summed E-state index contributed by atoms with van der Waals surface area (Å²) in [4.78, 5) is 25.1. The molecule has 5 rings (SSSR count). The number of amides is 1. The molecule has 0 atom stereocenters. The van der Waals surface area contributed by atoms with E-state index >= 15 is 0 Å². The smallest absolute Gasteiger partial charge is 0.269 e. The Hall–Kier alpha value is -2.18. The minimum atomic E-state index is 0.122. The highest BCUT2D eigenvalue weighted by Crippen LogP contribution is 2.51. The van der Waals surface area contributed by atoms with Crippen LogP contribution in [0.5, 0.6) is 0 Å². The van der Waals surface area contributed by atoms with Gasteiger partial charge in [0.15, 0.2) is 5.17 Å². The van der Waals surface area contributed by atoms with E-state index in [1.165, 1.54) is 35.4 Å². The first kappa shape index (κ1) is 20.7. The fraction of sp³-hybridized carbons (Fsp3) is 0.360. The summed E-state index contributed by atoms with van der Waals surface area (Å²) in [6.45, 7) is 5.06. The number of thioether (sulfide) groups is 2. The van der Waals surface area contributed by atoms with E-state index in [9.17, 15) is 4.79 Å². The average Bonchev–Trinajstić information content (AvgIpc) is 3.31. The zero-order chi connectivity index (χ0) is 21.4. The first-order valence-electron chi connectivity index (χ1n) is 11.1. The molecule has 2 aromatic rings. The molecule has 160 valence electrons. The molecule has 3 aliphatic rings. The molecule has 0 aromatic heterocycles. The molecular weight excluding hydrogens is 422 g/mol. The lowest BCUT2D eigenvalue weighted by molar-refractivity contribution is -0.124. The van der Waals surface area contributed by atoms with E-state index in [0.717, 1.165) is 40.2 Å². The zero-order valence-electron chi connectivity index (χ0n) is 18.0. The van der Waals surface area contributed by atoms with Crippen molar-refractivity contribution in [1.29, 1.82) is 0 Å². The first-order valence-corrected chi connectivity index (χ1v) is 12.7. The Labute approximate surface area is 192 Å². The van der Waals surface area contributed by atoms with Crippen LogP contribution in [0, 0.1) is 6.92 Å². The van der Waals surface area contributed by atoms with E-state index in [1.807, 2.05) is 17.0 Å². The van der Waals surface area contributed by atoms with Gasteiger partial charge in [0.25, 0.3) is 5.91 Å². The van der Waals surface area contributed by atoms with Gasteiger partial charge in [-0.3, -0.25) is 9.69 Å². The third-order valence-electron chi connectivity index (χ3n) is 6.10. The van der Waals surface area contributed by atoms with E-state index in [-0.39, 0.29) is 11.9 Å². The predicted molar refractivity (Wildman–Crippen MR) is 132 cm³/mol. The second kappa shape index (κ2) is 8.75. The summed E-state index contributed by atoms with van der Waals surface area (Å²) in [5.41, 5.74) is 3.29. The second-order valence-corrected chi connectivity index (χ2v) is 10.3. The largest absolute Gasteiger partial charge is 0.334 e. The molecule has 0 spiro atoms. The summed E-state index contributed by atoms with van der Waals surface area (Å²) in [5, 5.41) is 1.88. The third-order valence-corrected chi connectivity index (χ3v) is 8.45. The number of amidine groups is 1. The van der Waals surface area contributed by atoms with Crippen molar-refractivity contribution in [3.05, 3.63) is 64.0 Å². The Balaban J connectivity index is 1.57. The lowest BCUT2D eigenvalue weighted by Crippen LogP contribution is -2.40. The van der Waals surface area contributed by atoms with E-state index in [0.29, 0.717) is 0 Å². The number of para-hydroxylation sites is 1. The van der Waals surface area contributed by atoms with Crippen molar-refractivity contribution in [3.8, 4) is 0 Å². The molecule has 0 bridgehead atoms. The van der Waals surface area contributed by atoms with Crippen molar-refractivity contribution in [1.82, 2.24) is 4.90 Å². The molecule has 2 heterocycles. The number of hydrogen-bond donors (Lipinski definition) is 0. The predicted octanol–water partition coefficient (Wildman–Crippen LogP) is 6.69. The van der Waals surface area contributed by atoms with Gasteiger partial charge in [-0.05, 0) is 68.3 Å². The van der Waals surface area contributed by atoms with Crippen molar-refractivity contribution in [2.75, 3.05) is 11.4 Å². The number of rotatable bonds is 3. The molecule has 31 heavy (non-hydrogen) atoms. The fourth-order valence-corrected chi connectivity index (χ4v) is 7.03. The van der Waals surface area contributed by atoms with Gasteiger partial charge in [-0.1, -0.05) is 55.3 Å². The van der Waals surface area contributed by atoms with Crippen LogP contribution in [0.25, 0.3) is 0 Å². The standard InChI is InChI=1S/C25H27N3OS2/c1-3-27-20-14-7-8-15-21(20)30-24(27)22-23(29)28(19-12-5-4-6-13-19)25(31-22)26-18-11-9-10-17(2)16-18/h7-11,14-16,19H,3-6,12-13H2,1-2H3/b24-22-,26-25?. The van der Waals surface area contributed by atoms with Gasteiger partial charge in [-0.2, -0.15) is 0 Å². The van der Waals surface area contributed by atoms with Crippen LogP contribution in [0.2, 0.25) is 0 Å². The Morgan fingerprint density at radius 2 is 1.84 bits per heavy atom. The van der Waals surface area contributed by atoms with E-state index < -0.39 is 0 Å². The number of aryl methyl sites for hydroxylation is 1. The molecule has 4 nitrogen and oxygen atoms in total. The molecule has 2 aliphatic heterocycles. The maximum atomic E-state index is 13.8. The number of hydrogen-bond acceptors (Lipinski definition) is 5. The minimum absolute atomic E-state index is 0.122. The van der Waals surface area contributed by atoms with Crippen LogP contribution in [-0.4, -0.2) is 28.6 Å². The van der Waals surface area contributed by atoms with E-state index in [2.05, 4.69) is 55.1 Å². The Morgan fingerprint density at radius 3 is 2.61 bits per heavy atom. The third kappa shape index (κ3) is 3.92. The van der Waals surface area contributed by atoms with Crippen LogP contribution in [-0.2, 0) is 4.79 Å². The highest BCUT2D eigenvalue weighted by Gasteiger charge is 2.42. The number of aliphatic imine (C=N–C) groups is 1. The summed E-state index contributed by atoms with van der Waals surface area (Å²) in [5.74, 6) is 0.122. The Bertz CT molecular complexity index is 1070. The van der Waals surface area contributed by atoms with Gasteiger partial charge in [0.1, 0.15) is 9.93 Å². The molecule has 1 aliphatic carbocycles. The average molecular weight is 450 g/mol. The van der Waals surface area contributed by atoms with Crippen molar-refractivity contribution in [2.24, 2.45) is 4.99 Å². The topological polar surface area (TPSA) is 35.9 Å². The maximum absolute atomic E-state index is 13.8. The lowest BCUT2D eigenvalue weighted by Gasteiger charge is -2.30. The molecule has 1 saturated carbocycles. The second-order valence-electron chi connectivity index (χ2n) is 8.25. The van der Waals surface area contributed by atoms with Crippen molar-refractivity contribution >= 4 is 46.0 Å². The zero-order valence-corrected chi connectivity index (χ0v) is 19.6. The summed E-state index contributed by atoms with van der Waals surface area (Å²) >= 11 is 3.26. The molecule has 1 saturated heterocycles. The number of carbonyl (C=O) groups is 1. The monoisotopic (exact) mass is 449 g/mol. The fourth-order valence-electron chi connectivity index (χ4n) is 4.58. The highest BCUT2D eigenvalue weighted by molar-refractivity contribution is 8.19. The Morgan fingerprint density at radius 1 is 1.03 bits per heavy atom. The van der Waals surface area contributed by atoms with Crippen LogP contribution in [0.4, 0.5) is 11.4 Å². The van der Waals surface area contributed by atoms with Crippen LogP contribution >= 0.6 is 23.5 Å². The van der Waals surface area contributed by atoms with Gasteiger partial charge >= 0.3 is 0 Å². The number of carbonyl (C=O) groups excluding carboxylic acids is 1. The molecule has 0 unspecified atom stereocenters.